The van der Waals surface area contributed by atoms with Gasteiger partial charge in [0.15, 0.2) is 17.2 Å². The highest BCUT2D eigenvalue weighted by Crippen LogP contribution is 2.39. The largest absolute Gasteiger partial charge is 0.480 e. The molecule has 2 fully saturated rings. The molecule has 47 heavy (non-hydrogen) atoms. The van der Waals surface area contributed by atoms with Gasteiger partial charge in [-0.25, -0.2) is 14.8 Å². The van der Waals surface area contributed by atoms with Gasteiger partial charge in [0.05, 0.1) is 17.6 Å². The van der Waals surface area contributed by atoms with E-state index < -0.39 is 36.4 Å². The van der Waals surface area contributed by atoms with Gasteiger partial charge in [0.2, 0.25) is 0 Å². The first-order chi connectivity index (χ1) is 22.8. The molecule has 0 aliphatic carbocycles. The number of ether oxygens (including phenoxy) is 2. The number of nitrogens with zero attached hydrogens (tertiary/aromatic N) is 6. The first-order valence-corrected chi connectivity index (χ1v) is 15.8. The van der Waals surface area contributed by atoms with Gasteiger partial charge in [0, 0.05) is 44.0 Å². The van der Waals surface area contributed by atoms with Crippen molar-refractivity contribution in [2.45, 2.75) is 62.8 Å². The van der Waals surface area contributed by atoms with E-state index in [-0.39, 0.29) is 63.4 Å². The summed E-state index contributed by atoms with van der Waals surface area (Å²) in [4.78, 5) is 42.6. The minimum absolute atomic E-state index is 0.0400. The molecule has 2 saturated heterocycles. The third kappa shape index (κ3) is 5.20. The average molecular weight is 647 g/mol. The molecule has 0 radical (unpaired) electrons. The predicted octanol–water partition coefficient (Wildman–Crippen LogP) is 4.95. The van der Waals surface area contributed by atoms with Crippen LogP contribution in [0.3, 0.4) is 0 Å². The first-order valence-electron chi connectivity index (χ1n) is 15.8. The van der Waals surface area contributed by atoms with Gasteiger partial charge < -0.3 is 28.8 Å². The lowest BCUT2D eigenvalue weighted by molar-refractivity contribution is -0.160. The summed E-state index contributed by atoms with van der Waals surface area (Å²) in [5.41, 5.74) is 2.89. The number of fused-ring (bicyclic) bond motifs is 12. The molecule has 1 N–H and O–H groups in total. The number of benzene rings is 2. The summed E-state index contributed by atoms with van der Waals surface area (Å²) in [6.45, 7) is 0.372. The maximum absolute atomic E-state index is 15.1. The van der Waals surface area contributed by atoms with E-state index in [0.29, 0.717) is 41.1 Å². The molecule has 0 spiro atoms. The molecular formula is C33H32F2N6O6. The second-order valence-corrected chi connectivity index (χ2v) is 12.4. The monoisotopic (exact) mass is 646 g/mol. The number of carboxylic acid groups (broad SMARTS) is 1. The van der Waals surface area contributed by atoms with Crippen molar-refractivity contribution in [3.05, 3.63) is 54.4 Å². The van der Waals surface area contributed by atoms with Gasteiger partial charge in [0.25, 0.3) is 11.9 Å². The van der Waals surface area contributed by atoms with Crippen LogP contribution in [0, 0.1) is 0 Å². The molecule has 4 aliphatic heterocycles. The molecule has 9 rings (SSSR count). The molecule has 2 aromatic carbocycles. The van der Waals surface area contributed by atoms with Gasteiger partial charge in [-0.05, 0) is 43.5 Å². The van der Waals surface area contributed by atoms with Crippen LogP contribution in [-0.2, 0) is 20.9 Å². The lowest BCUT2D eigenvalue weighted by Gasteiger charge is -2.35. The van der Waals surface area contributed by atoms with E-state index in [1.807, 2.05) is 47.0 Å². The highest BCUT2D eigenvalue weighted by atomic mass is 19.3. The molecule has 0 unspecified atom stereocenters. The molecule has 5 aromatic rings. The van der Waals surface area contributed by atoms with Gasteiger partial charge in [-0.1, -0.05) is 24.3 Å². The van der Waals surface area contributed by atoms with Crippen LogP contribution in [0.1, 0.15) is 44.0 Å². The van der Waals surface area contributed by atoms with E-state index in [9.17, 15) is 14.7 Å². The molecular weight excluding hydrogens is 614 g/mol. The normalized spacial score (nSPS) is 22.6. The van der Waals surface area contributed by atoms with Crippen LogP contribution in [0.4, 0.5) is 14.6 Å². The fourth-order valence-electron chi connectivity index (χ4n) is 7.06. The Balaban J connectivity index is 1.22. The number of imidazole rings is 1. The van der Waals surface area contributed by atoms with Crippen molar-refractivity contribution in [2.75, 3.05) is 31.1 Å². The molecule has 3 aromatic heterocycles. The molecule has 14 heteroatoms. The number of para-hydroxylation sites is 3. The number of hydrogen-bond donors (Lipinski definition) is 1. The quantitative estimate of drug-likeness (QED) is 0.267. The number of piperidine rings is 1. The standard InChI is InChI=1S/C33H32F2N6O6/c34-33(35)12-5-15-45-18-26-37-27-21-6-1-4-9-25(21)47-28(27)29(38-26)40-17-20(16-24(40)30(42)43)46-32-36-22-7-2-3-8-23(22)41(32)19-10-13-39(14-11-19)31(33)44/h1-4,6-9,19-20,24H,5,10-18H2,(H,42,43)/t20-,24-/m0/s1. The number of rotatable bonds is 1. The van der Waals surface area contributed by atoms with Crippen molar-refractivity contribution in [2.24, 2.45) is 0 Å². The summed E-state index contributed by atoms with van der Waals surface area (Å²) in [6, 6.07) is 14.0. The lowest BCUT2D eigenvalue weighted by Crippen LogP contribution is -2.47. The zero-order chi connectivity index (χ0) is 32.3. The number of halogens is 2. The summed E-state index contributed by atoms with van der Waals surface area (Å²) < 4.78 is 50.5. The average Bonchev–Trinajstić information content (AvgIpc) is 3.77. The molecule has 7 heterocycles. The number of furan rings is 1. The van der Waals surface area contributed by atoms with Gasteiger partial charge >= 0.3 is 11.9 Å². The van der Waals surface area contributed by atoms with Gasteiger partial charge in [-0.3, -0.25) is 9.36 Å². The third-order valence-corrected chi connectivity index (χ3v) is 9.34. The third-order valence-electron chi connectivity index (χ3n) is 9.34. The molecule has 0 saturated carbocycles. The van der Waals surface area contributed by atoms with E-state index in [1.54, 1.807) is 11.0 Å². The van der Waals surface area contributed by atoms with Gasteiger partial charge in [0.1, 0.15) is 29.9 Å². The van der Waals surface area contributed by atoms with E-state index in [4.69, 9.17) is 23.9 Å². The van der Waals surface area contributed by atoms with Crippen molar-refractivity contribution < 1.29 is 37.4 Å². The molecule has 12 nitrogen and oxygen atoms in total. The summed E-state index contributed by atoms with van der Waals surface area (Å²) in [5, 5.41) is 11.1. The molecule has 6 bridgehead atoms. The minimum Gasteiger partial charge on any atom is -0.480 e. The Bertz CT molecular complexity index is 2000. The Labute approximate surface area is 266 Å². The lowest BCUT2D eigenvalue weighted by atomic mass is 10.0. The van der Waals surface area contributed by atoms with Crippen LogP contribution in [0.25, 0.3) is 33.1 Å². The van der Waals surface area contributed by atoms with Crippen molar-refractivity contribution in [1.82, 2.24) is 24.4 Å². The zero-order valence-corrected chi connectivity index (χ0v) is 25.3. The van der Waals surface area contributed by atoms with Crippen LogP contribution < -0.4 is 9.64 Å². The van der Waals surface area contributed by atoms with E-state index in [1.165, 1.54) is 4.90 Å². The fourth-order valence-corrected chi connectivity index (χ4v) is 7.06. The second kappa shape index (κ2) is 11.4. The number of carboxylic acids is 1. The van der Waals surface area contributed by atoms with E-state index in [2.05, 4.69) is 4.98 Å². The Morgan fingerprint density at radius 2 is 1.81 bits per heavy atom. The topological polar surface area (TPSA) is 136 Å². The molecule has 244 valence electrons. The summed E-state index contributed by atoms with van der Waals surface area (Å²) >= 11 is 0. The number of anilines is 1. The van der Waals surface area contributed by atoms with Crippen LogP contribution in [-0.4, -0.2) is 85.7 Å². The van der Waals surface area contributed by atoms with Crippen LogP contribution in [0.15, 0.2) is 52.9 Å². The predicted molar refractivity (Wildman–Crippen MR) is 166 cm³/mol. The number of hydrogen-bond acceptors (Lipinski definition) is 9. The zero-order valence-electron chi connectivity index (χ0n) is 25.3. The highest BCUT2D eigenvalue weighted by molar-refractivity contribution is 6.06. The number of alkyl halides is 2. The fraction of sp³-hybridized carbons (Fsp3) is 0.424. The van der Waals surface area contributed by atoms with Crippen molar-refractivity contribution in [3.8, 4) is 6.01 Å². The Morgan fingerprint density at radius 3 is 2.64 bits per heavy atom. The molecule has 1 amide bonds. The van der Waals surface area contributed by atoms with E-state index >= 15 is 8.78 Å². The number of amides is 1. The van der Waals surface area contributed by atoms with Gasteiger partial charge in [-0.2, -0.15) is 13.8 Å². The van der Waals surface area contributed by atoms with Crippen LogP contribution in [0.5, 0.6) is 6.01 Å². The molecule has 4 aliphatic rings. The maximum Gasteiger partial charge on any atom is 0.326 e. The Hall–Kier alpha value is -4.85. The minimum atomic E-state index is -3.52. The SMILES string of the molecule is O=C(O)[C@@H]1C[C@H]2CN1c1nc(nc3c1oc1ccccc13)COCCCC(F)(F)C(=O)N1CCC(CC1)n1c(nc3ccccc31)O2. The van der Waals surface area contributed by atoms with Gasteiger partial charge in [-0.15, -0.1) is 0 Å². The smallest absolute Gasteiger partial charge is 0.326 e. The Morgan fingerprint density at radius 1 is 1.02 bits per heavy atom. The maximum atomic E-state index is 15.1. The van der Waals surface area contributed by atoms with Crippen molar-refractivity contribution in [3.63, 3.8) is 0 Å². The van der Waals surface area contributed by atoms with Crippen LogP contribution >= 0.6 is 0 Å². The Kier molecular flexibility index (Phi) is 7.19. The number of aromatic nitrogens is 4. The second-order valence-electron chi connectivity index (χ2n) is 12.4. The number of carbonyl (C=O) groups excluding carboxylic acids is 1. The number of carbonyl (C=O) groups is 2. The van der Waals surface area contributed by atoms with Crippen molar-refractivity contribution in [1.29, 1.82) is 0 Å². The number of aliphatic carboxylic acids is 1. The highest BCUT2D eigenvalue weighted by Gasteiger charge is 2.44. The summed E-state index contributed by atoms with van der Waals surface area (Å²) in [5.74, 6) is -5.20. The van der Waals surface area contributed by atoms with E-state index in [0.717, 1.165) is 10.9 Å². The molecule has 2 atom stereocenters. The summed E-state index contributed by atoms with van der Waals surface area (Å²) in [7, 11) is 0. The van der Waals surface area contributed by atoms with Crippen molar-refractivity contribution >= 4 is 50.8 Å². The summed E-state index contributed by atoms with van der Waals surface area (Å²) in [6.07, 6.45) is -0.253. The first kappa shape index (κ1) is 29.5. The van der Waals surface area contributed by atoms with Crippen LogP contribution in [0.2, 0.25) is 0 Å².